The Morgan fingerprint density at radius 3 is 2.37 bits per heavy atom. The molecule has 0 aromatic heterocycles. The average Bonchev–Trinajstić information content (AvgIpc) is 2.35. The minimum Gasteiger partial charge on any atom is -0.330 e. The van der Waals surface area contributed by atoms with Crippen LogP contribution in [0.5, 0.6) is 0 Å². The molecular weight excluding hydrogens is 232 g/mol. The van der Waals surface area contributed by atoms with Gasteiger partial charge in [-0.05, 0) is 69.0 Å². The van der Waals surface area contributed by atoms with Gasteiger partial charge in [0.05, 0.1) is 0 Å². The van der Waals surface area contributed by atoms with E-state index in [1.54, 1.807) is 0 Å². The molecule has 1 aromatic carbocycles. The van der Waals surface area contributed by atoms with Crippen LogP contribution in [0.2, 0.25) is 0 Å². The van der Waals surface area contributed by atoms with Crippen LogP contribution in [-0.4, -0.2) is 19.6 Å². The summed E-state index contributed by atoms with van der Waals surface area (Å²) in [7, 11) is 0. The molecule has 0 saturated carbocycles. The highest BCUT2D eigenvalue weighted by Crippen LogP contribution is 2.28. The summed E-state index contributed by atoms with van der Waals surface area (Å²) in [5.74, 6) is 0. The van der Waals surface area contributed by atoms with Crippen molar-refractivity contribution in [3.63, 3.8) is 0 Å². The van der Waals surface area contributed by atoms with Gasteiger partial charge in [0.1, 0.15) is 0 Å². The van der Waals surface area contributed by atoms with Crippen molar-refractivity contribution in [2.45, 2.75) is 52.9 Å². The molecule has 0 aliphatic heterocycles. The van der Waals surface area contributed by atoms with Gasteiger partial charge in [0.25, 0.3) is 0 Å². The Hall–Kier alpha value is -0.860. The summed E-state index contributed by atoms with van der Waals surface area (Å²) in [5.41, 5.74) is 11.4. The second-order valence-corrected chi connectivity index (χ2v) is 6.24. The molecule has 0 saturated heterocycles. The molecule has 0 aliphatic rings. The smallest absolute Gasteiger partial charge is 0.00432 e. The van der Waals surface area contributed by atoms with Gasteiger partial charge in [-0.3, -0.25) is 0 Å². The SMILES string of the molecule is Cc1ccc(C(C)(C)CNCCCCN)c(C)c1C. The van der Waals surface area contributed by atoms with Crippen LogP contribution in [0.1, 0.15) is 48.9 Å². The summed E-state index contributed by atoms with van der Waals surface area (Å²) < 4.78 is 0. The zero-order valence-electron chi connectivity index (χ0n) is 13.3. The predicted octanol–water partition coefficient (Wildman–Crippen LogP) is 3.22. The maximum Gasteiger partial charge on any atom is 0.00432 e. The molecule has 0 heterocycles. The molecule has 2 nitrogen and oxygen atoms in total. The number of benzene rings is 1. The van der Waals surface area contributed by atoms with Crippen molar-refractivity contribution in [3.8, 4) is 0 Å². The third-order valence-electron chi connectivity index (χ3n) is 4.16. The summed E-state index contributed by atoms with van der Waals surface area (Å²) in [5, 5.41) is 3.56. The van der Waals surface area contributed by atoms with Crippen molar-refractivity contribution in [2.24, 2.45) is 5.73 Å². The summed E-state index contributed by atoms with van der Waals surface area (Å²) in [6, 6.07) is 4.53. The molecule has 0 unspecified atom stereocenters. The lowest BCUT2D eigenvalue weighted by Crippen LogP contribution is -2.34. The maximum absolute atomic E-state index is 5.51. The van der Waals surface area contributed by atoms with Gasteiger partial charge in [-0.1, -0.05) is 26.0 Å². The molecule has 3 N–H and O–H groups in total. The van der Waals surface area contributed by atoms with E-state index in [2.05, 4.69) is 52.1 Å². The van der Waals surface area contributed by atoms with Crippen molar-refractivity contribution in [1.29, 1.82) is 0 Å². The predicted molar refractivity (Wildman–Crippen MR) is 84.8 cm³/mol. The first kappa shape index (κ1) is 16.2. The molecule has 0 radical (unpaired) electrons. The molecule has 1 rings (SSSR count). The lowest BCUT2D eigenvalue weighted by molar-refractivity contribution is 0.461. The number of rotatable bonds is 7. The van der Waals surface area contributed by atoms with E-state index in [4.69, 9.17) is 5.73 Å². The van der Waals surface area contributed by atoms with Gasteiger partial charge in [0, 0.05) is 12.0 Å². The minimum absolute atomic E-state index is 0.172. The highest BCUT2D eigenvalue weighted by molar-refractivity contribution is 5.42. The van der Waals surface area contributed by atoms with Crippen LogP contribution < -0.4 is 11.1 Å². The number of aryl methyl sites for hydroxylation is 1. The van der Waals surface area contributed by atoms with E-state index in [-0.39, 0.29) is 5.41 Å². The van der Waals surface area contributed by atoms with E-state index in [1.165, 1.54) is 28.7 Å². The molecule has 1 aromatic rings. The Kier molecular flexibility index (Phi) is 6.02. The van der Waals surface area contributed by atoms with Crippen LogP contribution in [0.25, 0.3) is 0 Å². The van der Waals surface area contributed by atoms with Gasteiger partial charge in [0.15, 0.2) is 0 Å². The van der Waals surface area contributed by atoms with Crippen molar-refractivity contribution < 1.29 is 0 Å². The Morgan fingerprint density at radius 1 is 1.05 bits per heavy atom. The first-order valence-corrected chi connectivity index (χ1v) is 7.38. The Labute approximate surface area is 118 Å². The maximum atomic E-state index is 5.51. The average molecular weight is 262 g/mol. The monoisotopic (exact) mass is 262 g/mol. The highest BCUT2D eigenvalue weighted by Gasteiger charge is 2.22. The first-order valence-electron chi connectivity index (χ1n) is 7.38. The van der Waals surface area contributed by atoms with E-state index in [0.717, 1.165) is 26.1 Å². The topological polar surface area (TPSA) is 38.0 Å². The van der Waals surface area contributed by atoms with Crippen LogP contribution in [-0.2, 0) is 5.41 Å². The van der Waals surface area contributed by atoms with Gasteiger partial charge in [-0.2, -0.15) is 0 Å². The fourth-order valence-corrected chi connectivity index (χ4v) is 2.58. The lowest BCUT2D eigenvalue weighted by atomic mass is 9.80. The molecule has 0 bridgehead atoms. The standard InChI is InChI=1S/C17H30N2/c1-13-8-9-16(15(3)14(13)2)17(4,5)12-19-11-7-6-10-18/h8-9,19H,6-7,10-12,18H2,1-5H3. The summed E-state index contributed by atoms with van der Waals surface area (Å²) in [6.45, 7) is 14.2. The van der Waals surface area contributed by atoms with Gasteiger partial charge in [-0.15, -0.1) is 0 Å². The molecule has 0 atom stereocenters. The summed E-state index contributed by atoms with van der Waals surface area (Å²) in [4.78, 5) is 0. The molecule has 0 amide bonds. The molecule has 108 valence electrons. The van der Waals surface area contributed by atoms with E-state index in [0.29, 0.717) is 0 Å². The largest absolute Gasteiger partial charge is 0.330 e. The van der Waals surface area contributed by atoms with Crippen molar-refractivity contribution in [3.05, 3.63) is 34.4 Å². The van der Waals surface area contributed by atoms with Crippen LogP contribution in [0, 0.1) is 20.8 Å². The van der Waals surface area contributed by atoms with Crippen LogP contribution in [0.15, 0.2) is 12.1 Å². The van der Waals surface area contributed by atoms with Gasteiger partial charge >= 0.3 is 0 Å². The third kappa shape index (κ3) is 4.32. The van der Waals surface area contributed by atoms with Gasteiger partial charge in [0.2, 0.25) is 0 Å². The fourth-order valence-electron chi connectivity index (χ4n) is 2.58. The van der Waals surface area contributed by atoms with E-state index in [1.807, 2.05) is 0 Å². The molecule has 0 aliphatic carbocycles. The lowest BCUT2D eigenvalue weighted by Gasteiger charge is -2.29. The van der Waals surface area contributed by atoms with Crippen LogP contribution >= 0.6 is 0 Å². The fraction of sp³-hybridized carbons (Fsp3) is 0.647. The molecule has 2 heteroatoms. The van der Waals surface area contributed by atoms with Crippen molar-refractivity contribution in [2.75, 3.05) is 19.6 Å². The number of nitrogens with one attached hydrogen (secondary N) is 1. The van der Waals surface area contributed by atoms with E-state index in [9.17, 15) is 0 Å². The number of hydrogen-bond acceptors (Lipinski definition) is 2. The van der Waals surface area contributed by atoms with Crippen LogP contribution in [0.3, 0.4) is 0 Å². The normalized spacial score (nSPS) is 11.9. The Bertz CT molecular complexity index is 408. The third-order valence-corrected chi connectivity index (χ3v) is 4.16. The zero-order chi connectivity index (χ0) is 14.5. The van der Waals surface area contributed by atoms with Crippen molar-refractivity contribution in [1.82, 2.24) is 5.32 Å². The number of nitrogens with two attached hydrogens (primary N) is 1. The van der Waals surface area contributed by atoms with Crippen molar-refractivity contribution >= 4 is 0 Å². The summed E-state index contributed by atoms with van der Waals surface area (Å²) in [6.07, 6.45) is 2.27. The molecule has 0 fully saturated rings. The first-order chi connectivity index (χ1) is 8.90. The number of hydrogen-bond donors (Lipinski definition) is 2. The zero-order valence-corrected chi connectivity index (χ0v) is 13.3. The second-order valence-electron chi connectivity index (χ2n) is 6.24. The van der Waals surface area contributed by atoms with Gasteiger partial charge < -0.3 is 11.1 Å². The quantitative estimate of drug-likeness (QED) is 0.740. The number of unbranched alkanes of at least 4 members (excludes halogenated alkanes) is 1. The van der Waals surface area contributed by atoms with Gasteiger partial charge in [-0.25, -0.2) is 0 Å². The van der Waals surface area contributed by atoms with Crippen LogP contribution in [0.4, 0.5) is 0 Å². The molecule has 19 heavy (non-hydrogen) atoms. The summed E-state index contributed by atoms with van der Waals surface area (Å²) >= 11 is 0. The van der Waals surface area contributed by atoms with E-state index < -0.39 is 0 Å². The molecule has 0 spiro atoms. The minimum atomic E-state index is 0.172. The highest BCUT2D eigenvalue weighted by atomic mass is 14.9. The Balaban J connectivity index is 2.69. The van der Waals surface area contributed by atoms with E-state index >= 15 is 0 Å². The molecular formula is C17H30N2. The Morgan fingerprint density at radius 2 is 1.74 bits per heavy atom. The second kappa shape index (κ2) is 7.06.